The number of anilines is 1. The van der Waals surface area contributed by atoms with Crippen molar-refractivity contribution in [1.29, 1.82) is 0 Å². The zero-order valence-corrected chi connectivity index (χ0v) is 13.1. The maximum Gasteiger partial charge on any atom is 0.227 e. The summed E-state index contributed by atoms with van der Waals surface area (Å²) in [6.45, 7) is 0. The Morgan fingerprint density at radius 3 is 2.48 bits per heavy atom. The summed E-state index contributed by atoms with van der Waals surface area (Å²) in [4.78, 5) is 16.5. The van der Waals surface area contributed by atoms with Crippen molar-refractivity contribution >= 4 is 23.3 Å². The normalized spacial score (nSPS) is 11.9. The fourth-order valence-corrected chi connectivity index (χ4v) is 2.57. The lowest BCUT2D eigenvalue weighted by Gasteiger charge is -2.19. The van der Waals surface area contributed by atoms with Crippen molar-refractivity contribution in [2.75, 3.05) is 5.32 Å². The summed E-state index contributed by atoms with van der Waals surface area (Å²) in [5.74, 6) is 0.470. The third kappa shape index (κ3) is 3.99. The van der Waals surface area contributed by atoms with Gasteiger partial charge in [-0.25, -0.2) is 4.98 Å². The Morgan fingerprint density at radius 1 is 1.09 bits per heavy atom. The molecular formula is C18H16ClN3O. The number of hydrogen-bond donors (Lipinski definition) is 1. The van der Waals surface area contributed by atoms with Gasteiger partial charge in [-0.3, -0.25) is 4.79 Å². The summed E-state index contributed by atoms with van der Waals surface area (Å²) in [7, 11) is 0. The molecule has 2 heterocycles. The van der Waals surface area contributed by atoms with Crippen molar-refractivity contribution in [3.8, 4) is 0 Å². The average Bonchev–Trinajstić information content (AvgIpc) is 3.09. The number of aromatic nitrogens is 2. The van der Waals surface area contributed by atoms with Crippen LogP contribution in [0.3, 0.4) is 0 Å². The van der Waals surface area contributed by atoms with Gasteiger partial charge in [-0.15, -0.1) is 0 Å². The van der Waals surface area contributed by atoms with Crippen LogP contribution in [0.15, 0.2) is 73.2 Å². The molecule has 3 rings (SSSR count). The Labute approximate surface area is 139 Å². The van der Waals surface area contributed by atoms with E-state index in [-0.39, 0.29) is 11.9 Å². The highest BCUT2D eigenvalue weighted by molar-refractivity contribution is 6.30. The molecule has 0 saturated carbocycles. The highest BCUT2D eigenvalue weighted by Gasteiger charge is 2.17. The summed E-state index contributed by atoms with van der Waals surface area (Å²) in [6, 6.07) is 16.8. The van der Waals surface area contributed by atoms with Crippen molar-refractivity contribution in [3.05, 3.63) is 83.8 Å². The first-order valence-electron chi connectivity index (χ1n) is 7.31. The molecule has 0 bridgehead atoms. The van der Waals surface area contributed by atoms with Crippen LogP contribution in [-0.4, -0.2) is 15.5 Å². The summed E-state index contributed by atoms with van der Waals surface area (Å²) < 4.78 is 2.02. The lowest BCUT2D eigenvalue weighted by atomic mass is 10.0. The highest BCUT2D eigenvalue weighted by atomic mass is 35.5. The number of amides is 1. The maximum absolute atomic E-state index is 12.4. The lowest BCUT2D eigenvalue weighted by Crippen LogP contribution is -2.20. The molecule has 0 saturated heterocycles. The van der Waals surface area contributed by atoms with E-state index in [2.05, 4.69) is 10.3 Å². The molecule has 5 heteroatoms. The molecule has 1 N–H and O–H groups in total. The molecule has 0 aliphatic carbocycles. The predicted molar refractivity (Wildman–Crippen MR) is 91.5 cm³/mol. The maximum atomic E-state index is 12.4. The zero-order valence-electron chi connectivity index (χ0n) is 12.4. The van der Waals surface area contributed by atoms with Crippen molar-refractivity contribution in [3.63, 3.8) is 0 Å². The summed E-state index contributed by atoms with van der Waals surface area (Å²) in [6.07, 6.45) is 5.87. The van der Waals surface area contributed by atoms with Crippen molar-refractivity contribution in [2.45, 2.75) is 12.5 Å². The molecule has 0 aliphatic heterocycles. The number of nitrogens with one attached hydrogen (secondary N) is 1. The van der Waals surface area contributed by atoms with Crippen LogP contribution in [0.25, 0.3) is 0 Å². The fourth-order valence-electron chi connectivity index (χ4n) is 2.44. The van der Waals surface area contributed by atoms with Gasteiger partial charge in [-0.1, -0.05) is 29.8 Å². The Bertz CT molecular complexity index is 755. The second kappa shape index (κ2) is 7.11. The highest BCUT2D eigenvalue weighted by Crippen LogP contribution is 2.24. The van der Waals surface area contributed by atoms with E-state index < -0.39 is 0 Å². The number of benzene rings is 1. The monoisotopic (exact) mass is 325 g/mol. The minimum Gasteiger partial charge on any atom is -0.346 e. The van der Waals surface area contributed by atoms with Gasteiger partial charge in [0.1, 0.15) is 5.82 Å². The van der Waals surface area contributed by atoms with Gasteiger partial charge in [0.2, 0.25) is 5.91 Å². The van der Waals surface area contributed by atoms with E-state index in [0.29, 0.717) is 17.3 Å². The van der Waals surface area contributed by atoms with Crippen molar-refractivity contribution < 1.29 is 4.79 Å². The van der Waals surface area contributed by atoms with E-state index in [9.17, 15) is 4.79 Å². The number of nitrogens with zero attached hydrogens (tertiary/aromatic N) is 2. The molecule has 0 radical (unpaired) electrons. The van der Waals surface area contributed by atoms with E-state index in [4.69, 9.17) is 11.6 Å². The quantitative estimate of drug-likeness (QED) is 0.765. The van der Waals surface area contributed by atoms with Gasteiger partial charge in [0, 0.05) is 23.6 Å². The zero-order chi connectivity index (χ0) is 16.1. The molecule has 116 valence electrons. The van der Waals surface area contributed by atoms with Gasteiger partial charge in [-0.2, -0.15) is 0 Å². The second-order valence-electron chi connectivity index (χ2n) is 5.16. The number of halogens is 1. The number of carbonyl (C=O) groups excluding carboxylic acids is 1. The SMILES string of the molecule is O=C(CC(c1ccc(Cl)cc1)n1cccc1)Nc1ccccn1. The van der Waals surface area contributed by atoms with Gasteiger partial charge in [0.25, 0.3) is 0 Å². The Morgan fingerprint density at radius 2 is 1.83 bits per heavy atom. The first kappa shape index (κ1) is 15.3. The number of rotatable bonds is 5. The molecule has 23 heavy (non-hydrogen) atoms. The van der Waals surface area contributed by atoms with Gasteiger partial charge >= 0.3 is 0 Å². The number of hydrogen-bond acceptors (Lipinski definition) is 2. The summed E-state index contributed by atoms with van der Waals surface area (Å²) in [5, 5.41) is 3.50. The molecular weight excluding hydrogens is 310 g/mol. The van der Waals surface area contributed by atoms with Crippen LogP contribution < -0.4 is 5.32 Å². The first-order valence-corrected chi connectivity index (χ1v) is 7.69. The molecule has 4 nitrogen and oxygen atoms in total. The van der Waals surface area contributed by atoms with Crippen molar-refractivity contribution in [1.82, 2.24) is 9.55 Å². The van der Waals surface area contributed by atoms with E-state index in [0.717, 1.165) is 5.56 Å². The third-order valence-electron chi connectivity index (χ3n) is 3.55. The van der Waals surface area contributed by atoms with E-state index >= 15 is 0 Å². The summed E-state index contributed by atoms with van der Waals surface area (Å²) >= 11 is 5.96. The molecule has 1 atom stereocenters. The van der Waals surface area contributed by atoms with Crippen LogP contribution in [0.1, 0.15) is 18.0 Å². The molecule has 1 aromatic carbocycles. The molecule has 3 aromatic rings. The standard InChI is InChI=1S/C18H16ClN3O/c19-15-8-6-14(7-9-15)16(22-11-3-4-12-22)13-18(23)21-17-5-1-2-10-20-17/h1-12,16H,13H2,(H,20,21,23). The summed E-state index contributed by atoms with van der Waals surface area (Å²) in [5.41, 5.74) is 1.03. The van der Waals surface area contributed by atoms with Gasteiger partial charge in [0.05, 0.1) is 12.5 Å². The Kier molecular flexibility index (Phi) is 4.74. The number of carbonyl (C=O) groups is 1. The minimum atomic E-state index is -0.0917. The van der Waals surface area contributed by atoms with Crippen LogP contribution in [0, 0.1) is 0 Å². The topological polar surface area (TPSA) is 46.9 Å². The smallest absolute Gasteiger partial charge is 0.227 e. The first-order chi connectivity index (χ1) is 11.2. The molecule has 1 unspecified atom stereocenters. The van der Waals surface area contributed by atoms with E-state index in [1.165, 1.54) is 0 Å². The van der Waals surface area contributed by atoms with E-state index in [1.54, 1.807) is 12.3 Å². The largest absolute Gasteiger partial charge is 0.346 e. The van der Waals surface area contributed by atoms with Crippen LogP contribution >= 0.6 is 11.6 Å². The molecule has 2 aromatic heterocycles. The van der Waals surface area contributed by atoms with Gasteiger partial charge in [0.15, 0.2) is 0 Å². The Hall–Kier alpha value is -2.59. The second-order valence-corrected chi connectivity index (χ2v) is 5.60. The minimum absolute atomic E-state index is 0.0858. The molecule has 0 aliphatic rings. The molecule has 0 fully saturated rings. The third-order valence-corrected chi connectivity index (χ3v) is 3.81. The average molecular weight is 326 g/mol. The molecule has 0 spiro atoms. The lowest BCUT2D eigenvalue weighted by molar-refractivity contribution is -0.116. The Balaban J connectivity index is 1.79. The van der Waals surface area contributed by atoms with Crippen LogP contribution in [0.5, 0.6) is 0 Å². The van der Waals surface area contributed by atoms with Crippen LogP contribution in [0.4, 0.5) is 5.82 Å². The van der Waals surface area contributed by atoms with Crippen molar-refractivity contribution in [2.24, 2.45) is 0 Å². The predicted octanol–water partition coefficient (Wildman–Crippen LogP) is 4.15. The molecule has 1 amide bonds. The van der Waals surface area contributed by atoms with Crippen LogP contribution in [-0.2, 0) is 4.79 Å². The van der Waals surface area contributed by atoms with Crippen LogP contribution in [0.2, 0.25) is 5.02 Å². The number of pyridine rings is 1. The van der Waals surface area contributed by atoms with Gasteiger partial charge in [-0.05, 0) is 42.0 Å². The van der Waals surface area contributed by atoms with E-state index in [1.807, 2.05) is 65.5 Å². The van der Waals surface area contributed by atoms with Gasteiger partial charge < -0.3 is 9.88 Å². The fraction of sp³-hybridized carbons (Fsp3) is 0.111.